The van der Waals surface area contributed by atoms with Crippen LogP contribution in [-0.2, 0) is 22.6 Å². The number of carbonyl (C=O) groups is 2. The number of anilines is 1. The molecule has 0 unspecified atom stereocenters. The number of hydrogen-bond acceptors (Lipinski definition) is 6. The molecular formula is C25H29N5O4. The van der Waals surface area contributed by atoms with Crippen LogP contribution < -0.4 is 16.2 Å². The van der Waals surface area contributed by atoms with E-state index in [4.69, 9.17) is 10.5 Å². The normalized spacial score (nSPS) is 15.4. The molecule has 2 N–H and O–H groups in total. The van der Waals surface area contributed by atoms with Crippen LogP contribution in [0.4, 0.5) is 5.69 Å². The van der Waals surface area contributed by atoms with Crippen molar-refractivity contribution >= 4 is 28.3 Å². The summed E-state index contributed by atoms with van der Waals surface area (Å²) in [5.74, 6) is -1.04. The summed E-state index contributed by atoms with van der Waals surface area (Å²) in [4.78, 5) is 42.1. The maximum atomic E-state index is 13.4. The summed E-state index contributed by atoms with van der Waals surface area (Å²) >= 11 is 0. The average molecular weight is 464 g/mol. The molecule has 9 nitrogen and oxygen atoms in total. The van der Waals surface area contributed by atoms with Crippen molar-refractivity contribution in [1.82, 2.24) is 14.7 Å². The van der Waals surface area contributed by atoms with E-state index in [0.717, 1.165) is 28.8 Å². The van der Waals surface area contributed by atoms with E-state index in [2.05, 4.69) is 5.10 Å². The van der Waals surface area contributed by atoms with Gasteiger partial charge in [0.15, 0.2) is 5.69 Å². The van der Waals surface area contributed by atoms with Gasteiger partial charge in [0.2, 0.25) is 5.91 Å². The number of fused-ring (bicyclic) bond motifs is 1. The number of rotatable bonds is 8. The van der Waals surface area contributed by atoms with Gasteiger partial charge in [-0.15, -0.1) is 0 Å². The van der Waals surface area contributed by atoms with Gasteiger partial charge in [0, 0.05) is 44.9 Å². The maximum Gasteiger partial charge on any atom is 0.275 e. The van der Waals surface area contributed by atoms with Gasteiger partial charge in [-0.3, -0.25) is 14.4 Å². The number of nitrogens with two attached hydrogens (primary N) is 1. The molecule has 2 heterocycles. The van der Waals surface area contributed by atoms with E-state index < -0.39 is 11.5 Å². The molecule has 1 aliphatic heterocycles. The Labute approximate surface area is 197 Å². The van der Waals surface area contributed by atoms with Crippen LogP contribution in [0.3, 0.4) is 0 Å². The van der Waals surface area contributed by atoms with Gasteiger partial charge >= 0.3 is 0 Å². The van der Waals surface area contributed by atoms with Gasteiger partial charge in [0.05, 0.1) is 11.5 Å². The zero-order valence-corrected chi connectivity index (χ0v) is 19.4. The standard InChI is InChI=1S/C25H29N5O4/c1-28(2)18-11-9-17(10-12-18)14-29(15-19-6-5-13-34-19)22(31)16-30-25(33)21-8-4-3-7-20(21)23(27-30)24(26)32/h3-4,7-12,19H,5-6,13-16H2,1-2H3,(H2,26,32)/t19-/m0/s1. The number of benzene rings is 2. The van der Waals surface area contributed by atoms with E-state index in [-0.39, 0.29) is 24.2 Å². The predicted molar refractivity (Wildman–Crippen MR) is 130 cm³/mol. The minimum absolute atomic E-state index is 0.0343. The van der Waals surface area contributed by atoms with Crippen molar-refractivity contribution in [3.63, 3.8) is 0 Å². The molecule has 0 aliphatic carbocycles. The zero-order chi connectivity index (χ0) is 24.2. The third kappa shape index (κ3) is 5.09. The second-order valence-electron chi connectivity index (χ2n) is 8.69. The largest absolute Gasteiger partial charge is 0.378 e. The van der Waals surface area contributed by atoms with Crippen LogP contribution in [-0.4, -0.2) is 59.8 Å². The fourth-order valence-corrected chi connectivity index (χ4v) is 4.16. The molecule has 1 fully saturated rings. The van der Waals surface area contributed by atoms with E-state index in [1.54, 1.807) is 29.2 Å². The summed E-state index contributed by atoms with van der Waals surface area (Å²) in [6.45, 7) is 1.17. The summed E-state index contributed by atoms with van der Waals surface area (Å²) in [6.07, 6.45) is 1.79. The smallest absolute Gasteiger partial charge is 0.275 e. The number of carbonyl (C=O) groups excluding carboxylic acids is 2. The number of hydrogen-bond donors (Lipinski definition) is 1. The van der Waals surface area contributed by atoms with Gasteiger partial charge in [0.25, 0.3) is 11.5 Å². The van der Waals surface area contributed by atoms with Crippen LogP contribution in [0.2, 0.25) is 0 Å². The Bertz CT molecular complexity index is 1250. The Morgan fingerprint density at radius 2 is 1.82 bits per heavy atom. The van der Waals surface area contributed by atoms with Gasteiger partial charge in [-0.2, -0.15) is 5.10 Å². The highest BCUT2D eigenvalue weighted by molar-refractivity contribution is 6.04. The number of amides is 2. The van der Waals surface area contributed by atoms with Gasteiger partial charge in [0.1, 0.15) is 6.54 Å². The van der Waals surface area contributed by atoms with Crippen molar-refractivity contribution in [2.45, 2.75) is 32.0 Å². The first-order chi connectivity index (χ1) is 16.3. The lowest BCUT2D eigenvalue weighted by Crippen LogP contribution is -2.41. The quantitative estimate of drug-likeness (QED) is 0.545. The van der Waals surface area contributed by atoms with Crippen LogP contribution >= 0.6 is 0 Å². The molecule has 1 atom stereocenters. The van der Waals surface area contributed by atoms with Crippen LogP contribution in [0.15, 0.2) is 53.3 Å². The van der Waals surface area contributed by atoms with Crippen molar-refractivity contribution in [2.24, 2.45) is 5.73 Å². The summed E-state index contributed by atoms with van der Waals surface area (Å²) in [7, 11) is 3.94. The lowest BCUT2D eigenvalue weighted by molar-refractivity contribution is -0.134. The molecule has 1 aliphatic rings. The highest BCUT2D eigenvalue weighted by Crippen LogP contribution is 2.18. The van der Waals surface area contributed by atoms with Gasteiger partial charge in [-0.25, -0.2) is 4.68 Å². The first-order valence-electron chi connectivity index (χ1n) is 11.3. The summed E-state index contributed by atoms with van der Waals surface area (Å²) in [5, 5.41) is 4.81. The van der Waals surface area contributed by atoms with Crippen LogP contribution in [0.25, 0.3) is 10.8 Å². The fourth-order valence-electron chi connectivity index (χ4n) is 4.16. The second kappa shape index (κ2) is 10.0. The van der Waals surface area contributed by atoms with Gasteiger partial charge < -0.3 is 20.3 Å². The van der Waals surface area contributed by atoms with Crippen molar-refractivity contribution in [1.29, 1.82) is 0 Å². The Balaban J connectivity index is 1.62. The van der Waals surface area contributed by atoms with Crippen molar-refractivity contribution in [3.8, 4) is 0 Å². The third-order valence-electron chi connectivity index (χ3n) is 6.01. The lowest BCUT2D eigenvalue weighted by atomic mass is 10.1. The molecule has 1 aromatic heterocycles. The molecule has 0 bridgehead atoms. The summed E-state index contributed by atoms with van der Waals surface area (Å²) in [6, 6.07) is 14.6. The lowest BCUT2D eigenvalue weighted by Gasteiger charge is -2.26. The number of nitrogens with zero attached hydrogens (tertiary/aromatic N) is 4. The zero-order valence-electron chi connectivity index (χ0n) is 19.4. The molecule has 2 aromatic carbocycles. The van der Waals surface area contributed by atoms with Gasteiger partial charge in [-0.05, 0) is 36.6 Å². The Hall–Kier alpha value is -3.72. The van der Waals surface area contributed by atoms with E-state index in [9.17, 15) is 14.4 Å². The Morgan fingerprint density at radius 3 is 2.44 bits per heavy atom. The van der Waals surface area contributed by atoms with E-state index in [1.165, 1.54) is 0 Å². The fraction of sp³-hybridized carbons (Fsp3) is 0.360. The minimum Gasteiger partial charge on any atom is -0.378 e. The third-order valence-corrected chi connectivity index (χ3v) is 6.01. The minimum atomic E-state index is -0.755. The van der Waals surface area contributed by atoms with E-state index in [1.807, 2.05) is 43.3 Å². The maximum absolute atomic E-state index is 13.4. The molecule has 1 saturated heterocycles. The highest BCUT2D eigenvalue weighted by Gasteiger charge is 2.24. The number of primary amides is 1. The van der Waals surface area contributed by atoms with Crippen molar-refractivity contribution in [2.75, 3.05) is 32.1 Å². The Kier molecular flexibility index (Phi) is 6.93. The molecule has 9 heteroatoms. The molecule has 4 rings (SSSR count). The molecule has 178 valence electrons. The second-order valence-corrected chi connectivity index (χ2v) is 8.69. The van der Waals surface area contributed by atoms with E-state index >= 15 is 0 Å². The molecule has 0 saturated carbocycles. The van der Waals surface area contributed by atoms with Gasteiger partial charge in [-0.1, -0.05) is 30.3 Å². The first kappa shape index (κ1) is 23.4. The van der Waals surface area contributed by atoms with Crippen molar-refractivity contribution < 1.29 is 14.3 Å². The summed E-state index contributed by atoms with van der Waals surface area (Å²) in [5.41, 5.74) is 7.05. The first-order valence-corrected chi connectivity index (χ1v) is 11.3. The molecule has 34 heavy (non-hydrogen) atoms. The van der Waals surface area contributed by atoms with Crippen LogP contribution in [0, 0.1) is 0 Å². The topological polar surface area (TPSA) is 111 Å². The van der Waals surface area contributed by atoms with Crippen LogP contribution in [0.1, 0.15) is 28.9 Å². The molecule has 3 aromatic rings. The van der Waals surface area contributed by atoms with E-state index in [0.29, 0.717) is 30.5 Å². The molecule has 0 radical (unpaired) electrons. The molecular weight excluding hydrogens is 434 g/mol. The predicted octanol–water partition coefficient (Wildman–Crippen LogP) is 1.77. The molecule has 0 spiro atoms. The Morgan fingerprint density at radius 1 is 1.12 bits per heavy atom. The monoisotopic (exact) mass is 463 g/mol. The number of aromatic nitrogens is 2. The summed E-state index contributed by atoms with van der Waals surface area (Å²) < 4.78 is 6.79. The SMILES string of the molecule is CN(C)c1ccc(CN(C[C@@H]2CCCO2)C(=O)Cn2nc(C(N)=O)c3ccccc3c2=O)cc1. The highest BCUT2D eigenvalue weighted by atomic mass is 16.5. The number of ether oxygens (including phenoxy) is 1. The van der Waals surface area contributed by atoms with Crippen molar-refractivity contribution in [3.05, 3.63) is 70.1 Å². The average Bonchev–Trinajstić information content (AvgIpc) is 3.34. The van der Waals surface area contributed by atoms with Crippen LogP contribution in [0.5, 0.6) is 0 Å². The molecule has 2 amide bonds.